The topological polar surface area (TPSA) is 82.1 Å². The van der Waals surface area contributed by atoms with Crippen molar-refractivity contribution in [1.82, 2.24) is 4.90 Å². The van der Waals surface area contributed by atoms with Crippen LogP contribution in [0.15, 0.2) is 66.7 Å². The van der Waals surface area contributed by atoms with Crippen LogP contribution in [0, 0.1) is 20.8 Å². The second-order valence-corrected chi connectivity index (χ2v) is 15.1. The summed E-state index contributed by atoms with van der Waals surface area (Å²) >= 11 is 0. The molecule has 0 bridgehead atoms. The molecule has 1 fully saturated rings. The average Bonchev–Trinajstić information content (AvgIpc) is 3.62. The van der Waals surface area contributed by atoms with Crippen molar-refractivity contribution in [3.63, 3.8) is 0 Å². The summed E-state index contributed by atoms with van der Waals surface area (Å²) in [5, 5.41) is 15.3. The second kappa shape index (κ2) is 15.0. The first-order chi connectivity index (χ1) is 23.6. The van der Waals surface area contributed by atoms with E-state index >= 15 is 0 Å². The molecule has 49 heavy (non-hydrogen) atoms. The molecule has 0 saturated carbocycles. The first-order valence-corrected chi connectivity index (χ1v) is 18.9. The SMILES string of the molecule is C/C=S(/C)N1Cc2ccc(C(=O)Nc3ccc(OCCCN4CCCC4)cc3)cc2-c2c(C)c(-c3ccc(C)cc3)c(CC(=O)O)c(C)c21. The molecule has 2 aliphatic rings. The van der Waals surface area contributed by atoms with Crippen LogP contribution < -0.4 is 14.4 Å². The van der Waals surface area contributed by atoms with Gasteiger partial charge in [0.2, 0.25) is 0 Å². The average molecular weight is 678 g/mol. The van der Waals surface area contributed by atoms with Gasteiger partial charge in [0.25, 0.3) is 5.91 Å². The number of carbonyl (C=O) groups is 2. The number of carboxylic acids is 1. The van der Waals surface area contributed by atoms with Crippen LogP contribution in [0.1, 0.15) is 64.4 Å². The van der Waals surface area contributed by atoms with E-state index in [9.17, 15) is 14.7 Å². The van der Waals surface area contributed by atoms with Crippen molar-refractivity contribution in [3.8, 4) is 28.0 Å². The number of amides is 1. The molecular weight excluding hydrogens is 631 g/mol. The highest BCUT2D eigenvalue weighted by Crippen LogP contribution is 2.51. The van der Waals surface area contributed by atoms with Gasteiger partial charge in [-0.25, -0.2) is 0 Å². The third-order valence-corrected chi connectivity index (χ3v) is 11.5. The maximum atomic E-state index is 13.7. The lowest BCUT2D eigenvalue weighted by atomic mass is 9.80. The Hall–Kier alpha value is -4.40. The van der Waals surface area contributed by atoms with E-state index in [0.717, 1.165) is 74.5 Å². The van der Waals surface area contributed by atoms with Crippen LogP contribution in [0.3, 0.4) is 0 Å². The zero-order valence-electron chi connectivity index (χ0n) is 29.3. The molecule has 4 aromatic rings. The molecule has 1 atom stereocenters. The van der Waals surface area contributed by atoms with E-state index in [4.69, 9.17) is 4.74 Å². The molecule has 0 aliphatic carbocycles. The van der Waals surface area contributed by atoms with E-state index in [1.807, 2.05) is 36.4 Å². The molecule has 4 aromatic carbocycles. The van der Waals surface area contributed by atoms with Gasteiger partial charge >= 0.3 is 5.97 Å². The number of rotatable bonds is 11. The van der Waals surface area contributed by atoms with E-state index in [1.165, 1.54) is 25.9 Å². The molecule has 2 heterocycles. The highest BCUT2D eigenvalue weighted by molar-refractivity contribution is 8.15. The van der Waals surface area contributed by atoms with Crippen LogP contribution in [0.5, 0.6) is 5.75 Å². The van der Waals surface area contributed by atoms with Gasteiger partial charge in [-0.05, 0) is 147 Å². The molecular formula is C41H47N3O4S. The molecule has 2 aliphatic heterocycles. The zero-order chi connectivity index (χ0) is 34.7. The first-order valence-electron chi connectivity index (χ1n) is 17.2. The predicted octanol–water partition coefficient (Wildman–Crippen LogP) is 8.65. The van der Waals surface area contributed by atoms with Crippen LogP contribution in [-0.2, 0) is 17.8 Å². The minimum atomic E-state index is -0.854. The van der Waals surface area contributed by atoms with Crippen LogP contribution in [0.2, 0.25) is 0 Å². The number of aliphatic carboxylic acids is 1. The Kier molecular flexibility index (Phi) is 10.6. The number of ether oxygens (including phenoxy) is 1. The van der Waals surface area contributed by atoms with Gasteiger partial charge in [-0.15, -0.1) is 10.7 Å². The Bertz CT molecular complexity index is 1890. The molecule has 2 N–H and O–H groups in total. The third-order valence-electron chi connectivity index (χ3n) is 9.86. The van der Waals surface area contributed by atoms with E-state index in [2.05, 4.69) is 84.2 Å². The van der Waals surface area contributed by atoms with Crippen molar-refractivity contribution in [2.75, 3.05) is 42.1 Å². The molecule has 0 aromatic heterocycles. The minimum Gasteiger partial charge on any atom is -0.494 e. The summed E-state index contributed by atoms with van der Waals surface area (Å²) in [6, 6.07) is 21.9. The molecule has 6 rings (SSSR count). The largest absolute Gasteiger partial charge is 0.494 e. The molecule has 0 radical (unpaired) electrons. The first kappa shape index (κ1) is 34.5. The lowest BCUT2D eigenvalue weighted by Crippen LogP contribution is -2.25. The van der Waals surface area contributed by atoms with Crippen molar-refractivity contribution in [2.24, 2.45) is 0 Å². The molecule has 8 heteroatoms. The van der Waals surface area contributed by atoms with Crippen LogP contribution in [0.4, 0.5) is 11.4 Å². The number of nitrogens with zero attached hydrogens (tertiary/aromatic N) is 2. The lowest BCUT2D eigenvalue weighted by molar-refractivity contribution is -0.136. The Labute approximate surface area is 293 Å². The molecule has 7 nitrogen and oxygen atoms in total. The number of hydrogen-bond donors (Lipinski definition) is 2. The second-order valence-electron chi connectivity index (χ2n) is 13.2. The van der Waals surface area contributed by atoms with Crippen LogP contribution in [-0.4, -0.2) is 59.7 Å². The number of hydrogen-bond acceptors (Lipinski definition) is 5. The van der Waals surface area contributed by atoms with Crippen molar-refractivity contribution < 1.29 is 19.4 Å². The fraction of sp³-hybridized carbons (Fsp3) is 0.341. The van der Waals surface area contributed by atoms with E-state index in [1.54, 1.807) is 0 Å². The number of likely N-dealkylation sites (tertiary alicyclic amines) is 1. The van der Waals surface area contributed by atoms with Gasteiger partial charge in [0.15, 0.2) is 0 Å². The number of carboxylic acid groups (broad SMARTS) is 1. The fourth-order valence-corrected chi connectivity index (χ4v) is 8.30. The number of anilines is 2. The zero-order valence-corrected chi connectivity index (χ0v) is 30.1. The smallest absolute Gasteiger partial charge is 0.307 e. The normalized spacial score (nSPS) is 14.8. The van der Waals surface area contributed by atoms with Gasteiger partial charge in [-0.2, -0.15) is 0 Å². The standard InChI is InChI=1S/C41H47N3O4S/c1-6-49(5)44-26-32-15-14-31(41(47)42-33-16-18-34(19-17-33)48-23-9-22-43-20-7-8-21-43)24-36(32)39-29(4)38(30-12-10-27(2)11-13-30)35(25-37(45)46)28(3)40(39)44/h6,10-19,24H,7-9,20-23,25-26H2,1-5H3,(H,42,47)(H,45,46). The van der Waals surface area contributed by atoms with Gasteiger partial charge in [0.05, 0.1) is 25.3 Å². The number of nitrogens with one attached hydrogen (secondary N) is 1. The van der Waals surface area contributed by atoms with Gasteiger partial charge < -0.3 is 24.4 Å². The highest BCUT2D eigenvalue weighted by atomic mass is 32.2. The lowest BCUT2D eigenvalue weighted by Gasteiger charge is -2.38. The summed E-state index contributed by atoms with van der Waals surface area (Å²) < 4.78 is 8.35. The Morgan fingerprint density at radius 1 is 0.939 bits per heavy atom. The number of carbonyl (C=O) groups excluding carboxylic acids is 1. The number of benzene rings is 4. The Morgan fingerprint density at radius 3 is 2.33 bits per heavy atom. The van der Waals surface area contributed by atoms with E-state index in [-0.39, 0.29) is 23.0 Å². The summed E-state index contributed by atoms with van der Waals surface area (Å²) in [7, 11) is -0.203. The predicted molar refractivity (Wildman–Crippen MR) is 204 cm³/mol. The Morgan fingerprint density at radius 2 is 1.65 bits per heavy atom. The number of fused-ring (bicyclic) bond motifs is 3. The van der Waals surface area contributed by atoms with E-state index in [0.29, 0.717) is 24.4 Å². The van der Waals surface area contributed by atoms with Crippen molar-refractivity contribution >= 4 is 39.3 Å². The maximum Gasteiger partial charge on any atom is 0.307 e. The quantitative estimate of drug-likeness (QED) is 0.122. The molecule has 1 unspecified atom stereocenters. The molecule has 0 spiro atoms. The van der Waals surface area contributed by atoms with Gasteiger partial charge in [0.1, 0.15) is 5.75 Å². The van der Waals surface area contributed by atoms with Gasteiger partial charge in [-0.1, -0.05) is 35.9 Å². The summed E-state index contributed by atoms with van der Waals surface area (Å²) in [6.07, 6.45) is 5.72. The van der Waals surface area contributed by atoms with Crippen molar-refractivity contribution in [1.29, 1.82) is 0 Å². The summed E-state index contributed by atoms with van der Waals surface area (Å²) in [5.41, 5.74) is 11.5. The van der Waals surface area contributed by atoms with Gasteiger partial charge in [0, 0.05) is 23.4 Å². The van der Waals surface area contributed by atoms with Crippen LogP contribution >= 0.6 is 10.7 Å². The van der Waals surface area contributed by atoms with Crippen molar-refractivity contribution in [2.45, 2.75) is 59.9 Å². The minimum absolute atomic E-state index is 0.0674. The monoisotopic (exact) mass is 677 g/mol. The fourth-order valence-electron chi connectivity index (χ4n) is 7.19. The Balaban J connectivity index is 1.32. The van der Waals surface area contributed by atoms with Gasteiger partial charge in [-0.3, -0.25) is 9.59 Å². The van der Waals surface area contributed by atoms with Crippen molar-refractivity contribution in [3.05, 3.63) is 100 Å². The third kappa shape index (κ3) is 7.46. The summed E-state index contributed by atoms with van der Waals surface area (Å²) in [5.74, 6) is -0.239. The highest BCUT2D eigenvalue weighted by Gasteiger charge is 2.31. The number of aryl methyl sites for hydroxylation is 1. The summed E-state index contributed by atoms with van der Waals surface area (Å²) in [4.78, 5) is 28.4. The van der Waals surface area contributed by atoms with Crippen LogP contribution in [0.25, 0.3) is 22.3 Å². The molecule has 256 valence electrons. The molecule has 1 saturated heterocycles. The maximum absolute atomic E-state index is 13.7. The van der Waals surface area contributed by atoms with E-state index < -0.39 is 5.97 Å². The molecule has 1 amide bonds. The summed E-state index contributed by atoms with van der Waals surface area (Å²) in [6.45, 7) is 13.1.